The highest BCUT2D eigenvalue weighted by Crippen LogP contribution is 2.46. The van der Waals surface area contributed by atoms with E-state index in [2.05, 4.69) is 57.2 Å². The van der Waals surface area contributed by atoms with Crippen LogP contribution in [0.2, 0.25) is 0 Å². The monoisotopic (exact) mass is 420 g/mol. The van der Waals surface area contributed by atoms with Crippen LogP contribution in [0.3, 0.4) is 0 Å². The summed E-state index contributed by atoms with van der Waals surface area (Å²) in [5.74, 6) is 0. The molecule has 0 bridgehead atoms. The van der Waals surface area contributed by atoms with Crippen molar-refractivity contribution in [3.8, 4) is 0 Å². The lowest BCUT2D eigenvalue weighted by Gasteiger charge is -2.34. The van der Waals surface area contributed by atoms with Crippen LogP contribution < -0.4 is 0 Å². The summed E-state index contributed by atoms with van der Waals surface area (Å²) in [7, 11) is 0. The first-order valence-corrected chi connectivity index (χ1v) is 10.6. The normalized spacial score (nSPS) is 20.9. The predicted octanol–water partition coefficient (Wildman–Crippen LogP) is 6.47. The lowest BCUT2D eigenvalue weighted by Crippen LogP contribution is -2.47. The summed E-state index contributed by atoms with van der Waals surface area (Å²) in [6.07, 6.45) is 11.9. The summed E-state index contributed by atoms with van der Waals surface area (Å²) in [6, 6.07) is 0. The average Bonchev–Trinajstić information content (AvgIpc) is 2.59. The predicted molar refractivity (Wildman–Crippen MR) is 104 cm³/mol. The molecule has 1 aliphatic heterocycles. The van der Waals surface area contributed by atoms with Gasteiger partial charge in [-0.15, -0.1) is 10.3 Å². The molecule has 1 heterocycles. The second kappa shape index (κ2) is 9.03. The Morgan fingerprint density at radius 2 is 1.27 bits per heavy atom. The molecule has 0 fully saturated rings. The zero-order valence-corrected chi connectivity index (χ0v) is 17.5. The van der Waals surface area contributed by atoms with Crippen molar-refractivity contribution in [3.05, 3.63) is 11.1 Å². The van der Waals surface area contributed by atoms with E-state index in [-0.39, 0.29) is 11.1 Å². The number of hydrogen-bond donors (Lipinski definition) is 0. The summed E-state index contributed by atoms with van der Waals surface area (Å²) < 4.78 is 0.972. The van der Waals surface area contributed by atoms with Crippen LogP contribution in [0, 0.1) is 0 Å². The molecular weight excluding hydrogens is 385 g/mol. The molecule has 0 unspecified atom stereocenters. The highest BCUT2D eigenvalue weighted by atomic mass is 127. The van der Waals surface area contributed by atoms with Crippen LogP contribution in [0.15, 0.2) is 11.1 Å². The zero-order valence-electron chi connectivity index (χ0n) is 15.3. The van der Waals surface area contributed by atoms with Crippen LogP contribution in [-0.2, 0) is 5.21 Å². The van der Waals surface area contributed by atoms with Gasteiger partial charge in [-0.1, -0.05) is 74.5 Å². The number of nitrogens with zero attached hydrogens (tertiary/aromatic N) is 1. The largest absolute Gasteiger partial charge is 0.136 e. The molecule has 0 saturated heterocycles. The van der Waals surface area contributed by atoms with Gasteiger partial charge in [-0.2, -0.15) is 0 Å². The van der Waals surface area contributed by atoms with E-state index in [1.807, 2.05) is 0 Å². The summed E-state index contributed by atoms with van der Waals surface area (Å²) in [6.45, 7) is 10.6. The van der Waals surface area contributed by atoms with Gasteiger partial charge in [0.2, 0.25) is 0 Å². The maximum absolute atomic E-state index is 12.6. The van der Waals surface area contributed by atoms with Gasteiger partial charge in [0.25, 0.3) is 0 Å². The van der Waals surface area contributed by atoms with Crippen molar-refractivity contribution in [1.29, 1.82) is 0 Å². The van der Waals surface area contributed by atoms with Crippen LogP contribution >= 0.6 is 22.6 Å². The van der Waals surface area contributed by atoms with Crippen molar-refractivity contribution in [3.63, 3.8) is 0 Å². The molecule has 1 rings (SSSR count). The van der Waals surface area contributed by atoms with E-state index in [1.165, 1.54) is 67.6 Å². The van der Waals surface area contributed by atoms with Crippen molar-refractivity contribution >= 4 is 22.6 Å². The van der Waals surface area contributed by atoms with Gasteiger partial charge in [-0.3, -0.25) is 0 Å². The van der Waals surface area contributed by atoms with E-state index in [9.17, 15) is 5.21 Å². The van der Waals surface area contributed by atoms with Crippen LogP contribution in [0.1, 0.15) is 92.4 Å². The number of hydroxylamine groups is 2. The lowest BCUT2D eigenvalue weighted by molar-refractivity contribution is -0.240. The van der Waals surface area contributed by atoms with E-state index in [4.69, 9.17) is 0 Å². The summed E-state index contributed by atoms with van der Waals surface area (Å²) >= 11 is 2.42. The molecule has 0 N–H and O–H groups in total. The van der Waals surface area contributed by atoms with Crippen molar-refractivity contribution in [1.82, 2.24) is 5.06 Å². The number of alkyl halides is 1. The molecule has 0 aliphatic carbocycles. The topological polar surface area (TPSA) is 23.1 Å². The third-order valence-corrected chi connectivity index (χ3v) is 6.03. The molecule has 0 spiro atoms. The van der Waals surface area contributed by atoms with Crippen molar-refractivity contribution in [2.75, 3.05) is 4.43 Å². The lowest BCUT2D eigenvalue weighted by atomic mass is 9.88. The fraction of sp³-hybridized carbons (Fsp3) is 0.895. The molecule has 0 amide bonds. The van der Waals surface area contributed by atoms with Gasteiger partial charge < -0.3 is 0 Å². The third-order valence-electron chi connectivity index (χ3n) is 5.27. The molecule has 0 aromatic carbocycles. The Hall–Kier alpha value is 0.390. The smallest absolute Gasteiger partial charge is 0.0666 e. The van der Waals surface area contributed by atoms with Crippen LogP contribution in [0.5, 0.6) is 0 Å². The van der Waals surface area contributed by atoms with Gasteiger partial charge >= 0.3 is 0 Å². The number of halogens is 1. The fourth-order valence-electron chi connectivity index (χ4n) is 3.82. The standard InChI is InChI=1S/C19H35INO/c1-6-7-8-9-10-11-12-13-14-16-17(15-20)19(4,5)21(22)18(16,2)3/h6-15H2,1-5H3. The number of unbranched alkanes of at least 4 members (excludes halogenated alkanes) is 7. The quantitative estimate of drug-likeness (QED) is 0.172. The Bertz CT molecular complexity index is 374. The van der Waals surface area contributed by atoms with Crippen LogP contribution in [0.25, 0.3) is 0 Å². The maximum Gasteiger partial charge on any atom is 0.0666 e. The van der Waals surface area contributed by atoms with E-state index in [0.717, 1.165) is 10.8 Å². The SMILES string of the molecule is CCCCCCCCCCC1=C(CI)C(C)(C)N([O])C1(C)C. The maximum atomic E-state index is 12.6. The molecule has 1 aliphatic rings. The summed E-state index contributed by atoms with van der Waals surface area (Å²) in [5, 5.41) is 14.0. The molecule has 0 atom stereocenters. The minimum atomic E-state index is -0.333. The van der Waals surface area contributed by atoms with Gasteiger partial charge in [0, 0.05) is 4.43 Å². The minimum Gasteiger partial charge on any atom is -0.136 e. The fourth-order valence-corrected chi connectivity index (χ4v) is 5.21. The third kappa shape index (κ3) is 4.70. The van der Waals surface area contributed by atoms with Crippen molar-refractivity contribution < 1.29 is 5.21 Å². The Balaban J connectivity index is 2.46. The minimum absolute atomic E-state index is 0.328. The Morgan fingerprint density at radius 3 is 1.77 bits per heavy atom. The van der Waals surface area contributed by atoms with Gasteiger partial charge in [0.15, 0.2) is 0 Å². The molecule has 2 nitrogen and oxygen atoms in total. The van der Waals surface area contributed by atoms with Gasteiger partial charge in [-0.05, 0) is 51.7 Å². The molecule has 0 aromatic rings. The first-order valence-electron chi connectivity index (χ1n) is 9.06. The molecule has 0 saturated carbocycles. The Morgan fingerprint density at radius 1 is 0.818 bits per heavy atom. The molecule has 0 aromatic heterocycles. The first-order chi connectivity index (χ1) is 10.3. The Labute approximate surface area is 151 Å². The zero-order chi connectivity index (χ0) is 16.8. The second-order valence-electron chi connectivity index (χ2n) is 7.73. The van der Waals surface area contributed by atoms with Crippen molar-refractivity contribution in [2.45, 2.75) is 103 Å². The molecule has 1 radical (unpaired) electrons. The summed E-state index contributed by atoms with van der Waals surface area (Å²) in [4.78, 5) is 0. The van der Waals surface area contributed by atoms with Crippen molar-refractivity contribution in [2.24, 2.45) is 0 Å². The number of rotatable bonds is 10. The van der Waals surface area contributed by atoms with E-state index in [0.29, 0.717) is 0 Å². The second-order valence-corrected chi connectivity index (χ2v) is 8.49. The summed E-state index contributed by atoms with van der Waals surface area (Å²) in [5.41, 5.74) is 2.12. The van der Waals surface area contributed by atoms with Gasteiger partial charge in [0.05, 0.1) is 11.1 Å². The molecule has 22 heavy (non-hydrogen) atoms. The number of hydrogen-bond acceptors (Lipinski definition) is 1. The van der Waals surface area contributed by atoms with Gasteiger partial charge in [-0.25, -0.2) is 0 Å². The van der Waals surface area contributed by atoms with Crippen LogP contribution in [-0.4, -0.2) is 20.6 Å². The van der Waals surface area contributed by atoms with Crippen LogP contribution in [0.4, 0.5) is 0 Å². The Kier molecular flexibility index (Phi) is 8.38. The van der Waals surface area contributed by atoms with E-state index >= 15 is 0 Å². The molecule has 129 valence electrons. The highest BCUT2D eigenvalue weighted by molar-refractivity contribution is 14.1. The molecule has 3 heteroatoms. The van der Waals surface area contributed by atoms with E-state index in [1.54, 1.807) is 0 Å². The average molecular weight is 420 g/mol. The van der Waals surface area contributed by atoms with Gasteiger partial charge in [0.1, 0.15) is 0 Å². The van der Waals surface area contributed by atoms with E-state index < -0.39 is 0 Å². The highest BCUT2D eigenvalue weighted by Gasteiger charge is 2.50. The first kappa shape index (κ1) is 20.4. The molecular formula is C19H35INO.